The molecule has 1 aliphatic heterocycles. The number of hydrogen-bond donors (Lipinski definition) is 2. The second-order valence-electron chi connectivity index (χ2n) is 7.07. The SMILES string of the molecule is CC[Si]1(CC)CC[Si](CC)(CC)N1CCCn1c(O)ccc1O. The van der Waals surface area contributed by atoms with Crippen LogP contribution in [0.4, 0.5) is 0 Å². The Labute approximate surface area is 143 Å². The van der Waals surface area contributed by atoms with E-state index in [1.54, 1.807) is 16.7 Å². The Morgan fingerprint density at radius 2 is 1.26 bits per heavy atom. The molecule has 6 heteroatoms. The van der Waals surface area contributed by atoms with E-state index in [9.17, 15) is 10.2 Å². The quantitative estimate of drug-likeness (QED) is 0.672. The van der Waals surface area contributed by atoms with Gasteiger partial charge in [0.05, 0.1) is 0 Å². The third kappa shape index (κ3) is 3.25. The third-order valence-corrected chi connectivity index (χ3v) is 20.2. The molecule has 0 aliphatic carbocycles. The Hall–Kier alpha value is -0.726. The molecule has 0 radical (unpaired) electrons. The molecule has 132 valence electrons. The lowest BCUT2D eigenvalue weighted by molar-refractivity contribution is 0.360. The van der Waals surface area contributed by atoms with Crippen molar-refractivity contribution in [1.82, 2.24) is 8.80 Å². The summed E-state index contributed by atoms with van der Waals surface area (Å²) in [4.78, 5) is 0. The summed E-state index contributed by atoms with van der Waals surface area (Å²) in [6, 6.07) is 11.6. The van der Waals surface area contributed by atoms with Gasteiger partial charge in [-0.15, -0.1) is 0 Å². The van der Waals surface area contributed by atoms with Crippen molar-refractivity contribution >= 4 is 16.5 Å². The highest BCUT2D eigenvalue weighted by molar-refractivity contribution is 6.97. The first-order valence-electron chi connectivity index (χ1n) is 9.33. The van der Waals surface area contributed by atoms with Gasteiger partial charge in [-0.1, -0.05) is 27.7 Å². The third-order valence-electron chi connectivity index (χ3n) is 6.53. The lowest BCUT2D eigenvalue weighted by Crippen LogP contribution is -2.59. The average molecular weight is 355 g/mol. The van der Waals surface area contributed by atoms with Crippen LogP contribution >= 0.6 is 0 Å². The van der Waals surface area contributed by atoms with Gasteiger partial charge in [-0.3, -0.25) is 4.57 Å². The van der Waals surface area contributed by atoms with E-state index in [0.717, 1.165) is 13.0 Å². The fourth-order valence-corrected chi connectivity index (χ4v) is 20.8. The van der Waals surface area contributed by atoms with Crippen molar-refractivity contribution in [3.05, 3.63) is 12.1 Å². The Kier molecular flexibility index (Phi) is 6.02. The fraction of sp³-hybridized carbons (Fsp3) is 0.765. The molecule has 2 N–H and O–H groups in total. The molecule has 1 saturated heterocycles. The van der Waals surface area contributed by atoms with Crippen LogP contribution < -0.4 is 0 Å². The van der Waals surface area contributed by atoms with Crippen molar-refractivity contribution in [2.24, 2.45) is 0 Å². The number of aromatic hydroxyl groups is 2. The van der Waals surface area contributed by atoms with E-state index >= 15 is 0 Å². The van der Waals surface area contributed by atoms with E-state index in [-0.39, 0.29) is 11.8 Å². The minimum atomic E-state index is -1.28. The first-order chi connectivity index (χ1) is 11.0. The minimum absolute atomic E-state index is 0.174. The van der Waals surface area contributed by atoms with Crippen LogP contribution in [0.2, 0.25) is 36.3 Å². The lowest BCUT2D eigenvalue weighted by Gasteiger charge is -2.45. The van der Waals surface area contributed by atoms with Gasteiger partial charge >= 0.3 is 0 Å². The van der Waals surface area contributed by atoms with Crippen LogP contribution in [0, 0.1) is 0 Å². The average Bonchev–Trinajstić information content (AvgIpc) is 3.07. The normalized spacial score (nSPS) is 20.2. The predicted octanol–water partition coefficient (Wildman–Crippen LogP) is 4.58. The summed E-state index contributed by atoms with van der Waals surface area (Å²) in [5.74, 6) is 0.348. The zero-order valence-corrected chi connectivity index (χ0v) is 17.3. The van der Waals surface area contributed by atoms with Crippen LogP contribution in [-0.2, 0) is 6.54 Å². The Balaban J connectivity index is 2.12. The standard InChI is InChI=1S/C17H34N2O2Si2/c1-5-22(6-2)14-15-23(7-3,8-4)19(22)13-9-12-18-16(20)10-11-17(18)21/h10-11,20-21H,5-9,12-15H2,1-4H3. The van der Waals surface area contributed by atoms with Gasteiger partial charge < -0.3 is 14.4 Å². The maximum atomic E-state index is 9.82. The van der Waals surface area contributed by atoms with Crippen LogP contribution in [0.5, 0.6) is 11.8 Å². The smallest absolute Gasteiger partial charge is 0.193 e. The van der Waals surface area contributed by atoms with E-state index in [1.807, 2.05) is 0 Å². The molecule has 0 unspecified atom stereocenters. The van der Waals surface area contributed by atoms with Crippen molar-refractivity contribution in [3.8, 4) is 11.8 Å². The predicted molar refractivity (Wildman–Crippen MR) is 102 cm³/mol. The largest absolute Gasteiger partial charge is 0.494 e. The second kappa shape index (κ2) is 7.44. The van der Waals surface area contributed by atoms with Gasteiger partial charge in [-0.25, -0.2) is 0 Å². The summed E-state index contributed by atoms with van der Waals surface area (Å²) in [6.45, 7) is 11.5. The molecule has 0 amide bonds. The zero-order valence-electron chi connectivity index (χ0n) is 15.3. The van der Waals surface area contributed by atoms with Crippen LogP contribution in [-0.4, -0.2) is 42.0 Å². The molecule has 0 bridgehead atoms. The maximum absolute atomic E-state index is 9.82. The fourth-order valence-electron chi connectivity index (χ4n) is 4.75. The van der Waals surface area contributed by atoms with Crippen LogP contribution in [0.1, 0.15) is 34.1 Å². The van der Waals surface area contributed by atoms with E-state index in [2.05, 4.69) is 31.9 Å². The highest BCUT2D eigenvalue weighted by Crippen LogP contribution is 2.45. The molecular formula is C17H34N2O2Si2. The monoisotopic (exact) mass is 354 g/mol. The second-order valence-corrected chi connectivity index (χ2v) is 17.3. The van der Waals surface area contributed by atoms with Gasteiger partial charge in [0, 0.05) is 18.7 Å². The van der Waals surface area contributed by atoms with Crippen molar-refractivity contribution in [2.45, 2.75) is 76.9 Å². The molecule has 1 aromatic rings. The molecule has 0 atom stereocenters. The lowest BCUT2D eigenvalue weighted by atomic mass is 10.4. The Morgan fingerprint density at radius 3 is 1.65 bits per heavy atom. The number of rotatable bonds is 8. The van der Waals surface area contributed by atoms with E-state index < -0.39 is 16.5 Å². The van der Waals surface area contributed by atoms with Gasteiger partial charge in [-0.05, 0) is 49.2 Å². The number of nitrogens with zero attached hydrogens (tertiary/aromatic N) is 2. The summed E-state index contributed by atoms with van der Waals surface area (Å²) < 4.78 is 4.68. The topological polar surface area (TPSA) is 48.6 Å². The molecule has 0 saturated carbocycles. The van der Waals surface area contributed by atoms with Crippen molar-refractivity contribution in [1.29, 1.82) is 0 Å². The zero-order chi connectivity index (χ0) is 17.1. The Morgan fingerprint density at radius 1 is 0.826 bits per heavy atom. The maximum Gasteiger partial charge on any atom is 0.193 e. The minimum Gasteiger partial charge on any atom is -0.494 e. The highest BCUT2D eigenvalue weighted by Gasteiger charge is 2.53. The molecule has 2 heterocycles. The van der Waals surface area contributed by atoms with E-state index in [1.165, 1.54) is 36.3 Å². The van der Waals surface area contributed by atoms with Gasteiger partial charge in [0.15, 0.2) is 11.8 Å². The van der Waals surface area contributed by atoms with Gasteiger partial charge in [0.25, 0.3) is 0 Å². The molecule has 0 spiro atoms. The van der Waals surface area contributed by atoms with Crippen LogP contribution in [0.25, 0.3) is 0 Å². The molecule has 1 fully saturated rings. The summed E-state index contributed by atoms with van der Waals surface area (Å²) in [5.41, 5.74) is 0. The van der Waals surface area contributed by atoms with Crippen molar-refractivity contribution in [3.63, 3.8) is 0 Å². The summed E-state index contributed by atoms with van der Waals surface area (Å²) in [5, 5.41) is 19.6. The van der Waals surface area contributed by atoms with Crippen LogP contribution in [0.15, 0.2) is 12.1 Å². The van der Waals surface area contributed by atoms with Gasteiger partial charge in [0.2, 0.25) is 0 Å². The molecule has 2 rings (SSSR count). The van der Waals surface area contributed by atoms with Gasteiger partial charge in [0.1, 0.15) is 16.5 Å². The molecule has 1 aliphatic rings. The molecular weight excluding hydrogens is 320 g/mol. The molecule has 4 nitrogen and oxygen atoms in total. The first kappa shape index (κ1) is 18.6. The summed E-state index contributed by atoms with van der Waals surface area (Å²) >= 11 is 0. The van der Waals surface area contributed by atoms with Crippen molar-refractivity contribution in [2.75, 3.05) is 6.54 Å². The first-order valence-corrected chi connectivity index (χ1v) is 14.5. The van der Waals surface area contributed by atoms with E-state index in [0.29, 0.717) is 6.54 Å². The van der Waals surface area contributed by atoms with Crippen LogP contribution in [0.3, 0.4) is 0 Å². The molecule has 0 aromatic carbocycles. The summed E-state index contributed by atoms with van der Waals surface area (Å²) in [6.07, 6.45) is 1.01. The number of aromatic nitrogens is 1. The van der Waals surface area contributed by atoms with Crippen molar-refractivity contribution < 1.29 is 10.2 Å². The number of hydrogen-bond acceptors (Lipinski definition) is 3. The summed E-state index contributed by atoms with van der Waals surface area (Å²) in [7, 11) is -2.55. The van der Waals surface area contributed by atoms with Gasteiger partial charge in [-0.2, -0.15) is 0 Å². The Bertz CT molecular complexity index is 471. The molecule has 1 aromatic heterocycles. The van der Waals surface area contributed by atoms with E-state index in [4.69, 9.17) is 0 Å². The highest BCUT2D eigenvalue weighted by atomic mass is 28.4. The molecule has 23 heavy (non-hydrogen) atoms.